The topological polar surface area (TPSA) is 70.8 Å². The summed E-state index contributed by atoms with van der Waals surface area (Å²) in [5.41, 5.74) is 5.62. The van der Waals surface area contributed by atoms with Crippen LogP contribution in [0.2, 0.25) is 0 Å². The van der Waals surface area contributed by atoms with E-state index in [1.54, 1.807) is 6.92 Å². The Bertz CT molecular complexity index is 204. The number of nitrogens with two attached hydrogens (primary N) is 1. The molecule has 0 saturated carbocycles. The Labute approximate surface area is 96.2 Å². The van der Waals surface area contributed by atoms with E-state index < -0.39 is 6.04 Å². The molecule has 0 aliphatic carbocycles. The van der Waals surface area contributed by atoms with Gasteiger partial charge in [-0.1, -0.05) is 0 Å². The Hall–Kier alpha value is -0.650. The molecule has 2 N–H and O–H groups in total. The van der Waals surface area contributed by atoms with Crippen LogP contribution in [-0.4, -0.2) is 45.0 Å². The Morgan fingerprint density at radius 3 is 3.06 bits per heavy atom. The fraction of sp³-hybridized carbons (Fsp3) is 0.909. The fourth-order valence-corrected chi connectivity index (χ4v) is 1.54. The first-order chi connectivity index (χ1) is 7.74. The molecule has 0 aromatic rings. The number of rotatable bonds is 7. The summed E-state index contributed by atoms with van der Waals surface area (Å²) in [6.07, 6.45) is 1.57. The third kappa shape index (κ3) is 4.92. The lowest BCUT2D eigenvalue weighted by Gasteiger charge is -2.12. The van der Waals surface area contributed by atoms with Crippen molar-refractivity contribution in [3.05, 3.63) is 0 Å². The van der Waals surface area contributed by atoms with Crippen LogP contribution in [0.3, 0.4) is 0 Å². The van der Waals surface area contributed by atoms with Crippen molar-refractivity contribution in [1.29, 1.82) is 0 Å². The molecule has 0 aromatic heterocycles. The molecule has 0 aromatic carbocycles. The highest BCUT2D eigenvalue weighted by atomic mass is 16.5. The highest BCUT2D eigenvalue weighted by molar-refractivity contribution is 5.75. The zero-order chi connectivity index (χ0) is 11.8. The Morgan fingerprint density at radius 1 is 1.62 bits per heavy atom. The van der Waals surface area contributed by atoms with E-state index in [2.05, 4.69) is 0 Å². The van der Waals surface area contributed by atoms with Crippen molar-refractivity contribution in [2.75, 3.05) is 33.0 Å². The Balaban J connectivity index is 1.99. The van der Waals surface area contributed by atoms with Crippen molar-refractivity contribution in [3.63, 3.8) is 0 Å². The monoisotopic (exact) mass is 231 g/mol. The minimum Gasteiger partial charge on any atom is -0.465 e. The van der Waals surface area contributed by atoms with Crippen LogP contribution in [0.5, 0.6) is 0 Å². The third-order valence-electron chi connectivity index (χ3n) is 2.54. The van der Waals surface area contributed by atoms with E-state index in [-0.39, 0.29) is 5.97 Å². The summed E-state index contributed by atoms with van der Waals surface area (Å²) in [5.74, 6) is 0.147. The van der Waals surface area contributed by atoms with E-state index in [1.807, 2.05) is 0 Å². The van der Waals surface area contributed by atoms with Crippen molar-refractivity contribution in [1.82, 2.24) is 0 Å². The average Bonchev–Trinajstić information content (AvgIpc) is 2.77. The van der Waals surface area contributed by atoms with Crippen molar-refractivity contribution in [2.24, 2.45) is 11.7 Å². The smallest absolute Gasteiger partial charge is 0.322 e. The highest BCUT2D eigenvalue weighted by Crippen LogP contribution is 2.12. The van der Waals surface area contributed by atoms with Gasteiger partial charge in [-0.2, -0.15) is 0 Å². The molecule has 0 radical (unpaired) electrons. The number of hydrogen-bond acceptors (Lipinski definition) is 5. The van der Waals surface area contributed by atoms with Crippen LogP contribution in [0.15, 0.2) is 0 Å². The second-order valence-corrected chi connectivity index (χ2v) is 3.95. The minimum absolute atomic E-state index is 0.352. The molecule has 1 fully saturated rings. The second-order valence-electron chi connectivity index (χ2n) is 3.95. The van der Waals surface area contributed by atoms with Gasteiger partial charge in [0, 0.05) is 19.1 Å². The van der Waals surface area contributed by atoms with E-state index in [0.29, 0.717) is 32.2 Å². The predicted molar refractivity (Wildman–Crippen MR) is 59.0 cm³/mol. The maximum absolute atomic E-state index is 11.2. The maximum Gasteiger partial charge on any atom is 0.322 e. The lowest BCUT2D eigenvalue weighted by atomic mass is 10.1. The van der Waals surface area contributed by atoms with E-state index in [0.717, 1.165) is 19.6 Å². The van der Waals surface area contributed by atoms with Gasteiger partial charge in [-0.3, -0.25) is 4.79 Å². The lowest BCUT2D eigenvalue weighted by Crippen LogP contribution is -2.33. The molecule has 0 spiro atoms. The molecule has 1 aliphatic rings. The molecule has 1 rings (SSSR count). The van der Waals surface area contributed by atoms with Gasteiger partial charge in [0.15, 0.2) is 0 Å². The van der Waals surface area contributed by atoms with Crippen molar-refractivity contribution >= 4 is 5.97 Å². The Kier molecular flexibility index (Phi) is 6.37. The number of esters is 1. The summed E-state index contributed by atoms with van der Waals surface area (Å²) < 4.78 is 15.5. The van der Waals surface area contributed by atoms with Crippen LogP contribution in [0, 0.1) is 5.92 Å². The van der Waals surface area contributed by atoms with Crippen molar-refractivity contribution in [2.45, 2.75) is 25.8 Å². The highest BCUT2D eigenvalue weighted by Gasteiger charge is 2.17. The third-order valence-corrected chi connectivity index (χ3v) is 2.54. The van der Waals surface area contributed by atoms with E-state index in [9.17, 15) is 4.79 Å². The van der Waals surface area contributed by atoms with E-state index in [4.69, 9.17) is 19.9 Å². The van der Waals surface area contributed by atoms with Crippen LogP contribution < -0.4 is 5.73 Å². The van der Waals surface area contributed by atoms with Gasteiger partial charge in [0.25, 0.3) is 0 Å². The molecule has 16 heavy (non-hydrogen) atoms. The minimum atomic E-state index is -0.570. The number of carbonyl (C=O) groups excluding carboxylic acids is 1. The van der Waals surface area contributed by atoms with Gasteiger partial charge < -0.3 is 19.9 Å². The molecule has 1 aliphatic heterocycles. The van der Waals surface area contributed by atoms with Crippen LogP contribution in [0.25, 0.3) is 0 Å². The van der Waals surface area contributed by atoms with Crippen LogP contribution in [0.4, 0.5) is 0 Å². The fourth-order valence-electron chi connectivity index (χ4n) is 1.54. The summed E-state index contributed by atoms with van der Waals surface area (Å²) in [5, 5.41) is 0. The van der Waals surface area contributed by atoms with Gasteiger partial charge in [0.1, 0.15) is 6.04 Å². The maximum atomic E-state index is 11.2. The summed E-state index contributed by atoms with van der Waals surface area (Å²) >= 11 is 0. The van der Waals surface area contributed by atoms with Gasteiger partial charge >= 0.3 is 5.97 Å². The van der Waals surface area contributed by atoms with Gasteiger partial charge in [0.05, 0.1) is 19.8 Å². The average molecular weight is 231 g/mol. The molecule has 2 atom stereocenters. The summed E-state index contributed by atoms with van der Waals surface area (Å²) in [4.78, 5) is 11.2. The van der Waals surface area contributed by atoms with Gasteiger partial charge in [-0.15, -0.1) is 0 Å². The SMILES string of the molecule is CCOC(=O)C(N)CCOCC1CCOC1. The van der Waals surface area contributed by atoms with Crippen LogP contribution in [-0.2, 0) is 19.0 Å². The normalized spacial score (nSPS) is 22.0. The quantitative estimate of drug-likeness (QED) is 0.504. The molecule has 5 nitrogen and oxygen atoms in total. The number of ether oxygens (including phenoxy) is 3. The van der Waals surface area contributed by atoms with Crippen LogP contribution in [0.1, 0.15) is 19.8 Å². The first kappa shape index (κ1) is 13.4. The van der Waals surface area contributed by atoms with E-state index in [1.165, 1.54) is 0 Å². The molecule has 2 unspecified atom stereocenters. The molecular weight excluding hydrogens is 210 g/mol. The molecule has 0 bridgehead atoms. The lowest BCUT2D eigenvalue weighted by molar-refractivity contribution is -0.145. The van der Waals surface area contributed by atoms with Gasteiger partial charge in [-0.05, 0) is 19.8 Å². The zero-order valence-corrected chi connectivity index (χ0v) is 9.81. The van der Waals surface area contributed by atoms with Crippen LogP contribution >= 0.6 is 0 Å². The molecular formula is C11H21NO4. The molecule has 94 valence electrons. The van der Waals surface area contributed by atoms with Gasteiger partial charge in [-0.25, -0.2) is 0 Å². The van der Waals surface area contributed by atoms with Crippen molar-refractivity contribution < 1.29 is 19.0 Å². The predicted octanol–water partition coefficient (Wildman–Crippen LogP) is 0.320. The molecule has 0 amide bonds. The summed E-state index contributed by atoms with van der Waals surface area (Å²) in [7, 11) is 0. The number of hydrogen-bond donors (Lipinski definition) is 1. The first-order valence-corrected chi connectivity index (χ1v) is 5.81. The summed E-state index contributed by atoms with van der Waals surface area (Å²) in [6.45, 7) is 4.93. The number of carbonyl (C=O) groups is 1. The zero-order valence-electron chi connectivity index (χ0n) is 9.81. The van der Waals surface area contributed by atoms with Crippen molar-refractivity contribution in [3.8, 4) is 0 Å². The Morgan fingerprint density at radius 2 is 2.44 bits per heavy atom. The standard InChI is InChI=1S/C11H21NO4/c1-2-16-11(13)10(12)4-6-15-8-9-3-5-14-7-9/h9-10H,2-8,12H2,1H3. The van der Waals surface area contributed by atoms with E-state index >= 15 is 0 Å². The molecule has 1 saturated heterocycles. The first-order valence-electron chi connectivity index (χ1n) is 5.81. The second kappa shape index (κ2) is 7.60. The molecule has 1 heterocycles. The van der Waals surface area contributed by atoms with Gasteiger partial charge in [0.2, 0.25) is 0 Å². The summed E-state index contributed by atoms with van der Waals surface area (Å²) in [6, 6.07) is -0.570. The molecule has 5 heteroatoms. The largest absolute Gasteiger partial charge is 0.465 e.